The van der Waals surface area contributed by atoms with E-state index in [0.717, 1.165) is 38.8 Å². The fourth-order valence-electron chi connectivity index (χ4n) is 11.8. The molecule has 0 unspecified atom stereocenters. The van der Waals surface area contributed by atoms with Crippen molar-refractivity contribution in [1.29, 1.82) is 0 Å². The summed E-state index contributed by atoms with van der Waals surface area (Å²) in [5, 5.41) is 13.5. The summed E-state index contributed by atoms with van der Waals surface area (Å²) < 4.78 is 4.73. The van der Waals surface area contributed by atoms with Gasteiger partial charge in [-0.25, -0.2) is 4.98 Å². The van der Waals surface area contributed by atoms with Crippen LogP contribution in [0.2, 0.25) is 0 Å². The molecule has 0 fully saturated rings. The molecule has 4 heteroatoms. The molecule has 4 nitrogen and oxygen atoms in total. The van der Waals surface area contributed by atoms with Crippen molar-refractivity contribution in [2.75, 3.05) is 0 Å². The lowest BCUT2D eigenvalue weighted by atomic mass is 9.63. The van der Waals surface area contributed by atoms with E-state index in [4.69, 9.17) is 9.97 Å². The van der Waals surface area contributed by atoms with Crippen molar-refractivity contribution in [2.24, 2.45) is 0 Å². The van der Waals surface area contributed by atoms with Crippen LogP contribution in [0.5, 0.6) is 0 Å². The molecule has 0 bridgehead atoms. The second-order valence-electron chi connectivity index (χ2n) is 16.8. The molecule has 0 saturated heterocycles. The maximum atomic E-state index is 5.75. The maximum absolute atomic E-state index is 5.75. The standard InChI is InChI=1S/C57H32N4/c1-3-16-36-33(13-1)27-30-47-51(36)52-37-17-4-2-14-34(37)28-31-48(52)60(47)55-40-20-7-10-25-45(40)58-56(59-55)61-46-26-12-24-44-53(46)54-49(61)32-29-35-15-11-23-43(50(35)54)57(44)41-21-8-5-18-38(41)39-19-6-9-22-42(39)57/h1-32H. The van der Waals surface area contributed by atoms with Crippen LogP contribution in [0.4, 0.5) is 0 Å². The van der Waals surface area contributed by atoms with Gasteiger partial charge in [0.2, 0.25) is 5.95 Å². The molecule has 13 aromatic rings. The van der Waals surface area contributed by atoms with Gasteiger partial charge in [-0.3, -0.25) is 9.13 Å². The molecule has 3 heterocycles. The molecule has 10 aromatic carbocycles. The number of para-hydroxylation sites is 1. The van der Waals surface area contributed by atoms with Gasteiger partial charge in [0.05, 0.1) is 33.0 Å². The summed E-state index contributed by atoms with van der Waals surface area (Å²) >= 11 is 0. The highest BCUT2D eigenvalue weighted by Gasteiger charge is 2.50. The summed E-state index contributed by atoms with van der Waals surface area (Å²) in [6.45, 7) is 0. The van der Waals surface area contributed by atoms with Crippen LogP contribution in [0.1, 0.15) is 22.3 Å². The number of hydrogen-bond donors (Lipinski definition) is 0. The predicted octanol–water partition coefficient (Wildman–Crippen LogP) is 14.0. The fraction of sp³-hybridized carbons (Fsp3) is 0.0175. The van der Waals surface area contributed by atoms with Crippen molar-refractivity contribution in [2.45, 2.75) is 5.41 Å². The minimum Gasteiger partial charge on any atom is -0.293 e. The number of benzene rings is 10. The van der Waals surface area contributed by atoms with E-state index < -0.39 is 5.41 Å². The molecule has 0 amide bonds. The van der Waals surface area contributed by atoms with E-state index in [1.807, 2.05) is 0 Å². The summed E-state index contributed by atoms with van der Waals surface area (Å²) in [6, 6.07) is 71.5. The van der Waals surface area contributed by atoms with Gasteiger partial charge in [0.25, 0.3) is 0 Å². The van der Waals surface area contributed by atoms with Gasteiger partial charge in [-0.1, -0.05) is 158 Å². The molecule has 61 heavy (non-hydrogen) atoms. The van der Waals surface area contributed by atoms with Crippen LogP contribution >= 0.6 is 0 Å². The number of nitrogens with zero attached hydrogens (tertiary/aromatic N) is 4. The van der Waals surface area contributed by atoms with Gasteiger partial charge >= 0.3 is 0 Å². The highest BCUT2D eigenvalue weighted by atomic mass is 15.2. The van der Waals surface area contributed by atoms with Crippen LogP contribution < -0.4 is 0 Å². The summed E-state index contributed by atoms with van der Waals surface area (Å²) in [5.41, 5.74) is 12.8. The average Bonchev–Trinajstić information content (AvgIpc) is 3.96. The first kappa shape index (κ1) is 31.9. The molecule has 0 aliphatic heterocycles. The van der Waals surface area contributed by atoms with E-state index in [-0.39, 0.29) is 0 Å². The normalized spacial score (nSPS) is 13.7. The third kappa shape index (κ3) is 3.74. The molecule has 280 valence electrons. The van der Waals surface area contributed by atoms with Gasteiger partial charge < -0.3 is 0 Å². The van der Waals surface area contributed by atoms with Gasteiger partial charge in [0.15, 0.2) is 5.82 Å². The Morgan fingerprint density at radius 1 is 0.311 bits per heavy atom. The second-order valence-corrected chi connectivity index (χ2v) is 16.8. The molecule has 0 atom stereocenters. The number of hydrogen-bond acceptors (Lipinski definition) is 2. The first-order chi connectivity index (χ1) is 30.3. The molecular formula is C57H32N4. The first-order valence-electron chi connectivity index (χ1n) is 21.1. The van der Waals surface area contributed by atoms with Crippen LogP contribution in [0.25, 0.3) is 110 Å². The molecule has 15 rings (SSSR count). The van der Waals surface area contributed by atoms with E-state index in [2.05, 4.69) is 203 Å². The Morgan fingerprint density at radius 2 is 0.803 bits per heavy atom. The van der Waals surface area contributed by atoms with Crippen molar-refractivity contribution in [3.05, 3.63) is 216 Å². The molecule has 3 aromatic heterocycles. The summed E-state index contributed by atoms with van der Waals surface area (Å²) in [4.78, 5) is 11.2. The van der Waals surface area contributed by atoms with Crippen LogP contribution in [0.15, 0.2) is 194 Å². The molecular weight excluding hydrogens is 741 g/mol. The fourth-order valence-corrected chi connectivity index (χ4v) is 11.8. The molecule has 0 radical (unpaired) electrons. The Morgan fingerprint density at radius 3 is 1.49 bits per heavy atom. The van der Waals surface area contributed by atoms with Crippen molar-refractivity contribution >= 4 is 86.8 Å². The third-order valence-corrected chi connectivity index (χ3v) is 14.1. The van der Waals surface area contributed by atoms with E-state index in [1.54, 1.807) is 0 Å². The first-order valence-corrected chi connectivity index (χ1v) is 21.1. The van der Waals surface area contributed by atoms with Crippen LogP contribution in [0, 0.1) is 0 Å². The van der Waals surface area contributed by atoms with E-state index >= 15 is 0 Å². The van der Waals surface area contributed by atoms with Gasteiger partial charge in [0.1, 0.15) is 0 Å². The molecule has 0 saturated carbocycles. The minimum atomic E-state index is -0.483. The average molecular weight is 773 g/mol. The Balaban J connectivity index is 1.10. The van der Waals surface area contributed by atoms with Crippen LogP contribution in [0.3, 0.4) is 0 Å². The highest BCUT2D eigenvalue weighted by molar-refractivity contribution is 6.29. The lowest BCUT2D eigenvalue weighted by Crippen LogP contribution is -2.30. The summed E-state index contributed by atoms with van der Waals surface area (Å²) in [6.07, 6.45) is 0. The van der Waals surface area contributed by atoms with Gasteiger partial charge in [-0.2, -0.15) is 4.98 Å². The van der Waals surface area contributed by atoms with Crippen molar-refractivity contribution in [1.82, 2.24) is 19.1 Å². The Bertz CT molecular complexity index is 3990. The molecule has 2 aliphatic rings. The minimum absolute atomic E-state index is 0.483. The molecule has 0 N–H and O–H groups in total. The molecule has 2 aliphatic carbocycles. The van der Waals surface area contributed by atoms with Gasteiger partial charge in [-0.15, -0.1) is 0 Å². The van der Waals surface area contributed by atoms with Crippen molar-refractivity contribution in [3.8, 4) is 22.9 Å². The Hall–Kier alpha value is -8.08. The summed E-state index contributed by atoms with van der Waals surface area (Å²) in [5.74, 6) is 1.52. The zero-order chi connectivity index (χ0) is 39.6. The lowest BCUT2D eigenvalue weighted by molar-refractivity contribution is 0.783. The Labute approximate surface area is 349 Å². The number of rotatable bonds is 2. The van der Waals surface area contributed by atoms with E-state index in [0.29, 0.717) is 5.95 Å². The number of fused-ring (bicyclic) bond motifs is 15. The zero-order valence-corrected chi connectivity index (χ0v) is 32.8. The van der Waals surface area contributed by atoms with Crippen LogP contribution in [-0.2, 0) is 5.41 Å². The monoisotopic (exact) mass is 772 g/mol. The lowest BCUT2D eigenvalue weighted by Gasteiger charge is -2.37. The zero-order valence-electron chi connectivity index (χ0n) is 32.8. The highest BCUT2D eigenvalue weighted by Crippen LogP contribution is 2.62. The van der Waals surface area contributed by atoms with Gasteiger partial charge in [-0.05, 0) is 102 Å². The SMILES string of the molecule is c1ccc2c(c1)-c1ccccc1C21c2cccc3ccc4c(c23)c2c1cccc2n4-c1nc(-n2c3ccc4ccccc4c3c3c4ccccc4ccc32)c2ccccc2n1. The third-order valence-electron chi connectivity index (χ3n) is 14.1. The van der Waals surface area contributed by atoms with Crippen molar-refractivity contribution in [3.63, 3.8) is 0 Å². The van der Waals surface area contributed by atoms with Crippen molar-refractivity contribution < 1.29 is 0 Å². The Kier molecular flexibility index (Phi) is 5.82. The maximum Gasteiger partial charge on any atom is 0.237 e. The quantitative estimate of drug-likeness (QED) is 0.175. The second kappa shape index (κ2) is 11.1. The smallest absolute Gasteiger partial charge is 0.237 e. The predicted molar refractivity (Wildman–Crippen MR) is 252 cm³/mol. The largest absolute Gasteiger partial charge is 0.293 e. The number of aromatic nitrogens is 4. The topological polar surface area (TPSA) is 35.6 Å². The van der Waals surface area contributed by atoms with Gasteiger partial charge in [0, 0.05) is 26.9 Å². The van der Waals surface area contributed by atoms with E-state index in [1.165, 1.54) is 87.2 Å². The van der Waals surface area contributed by atoms with E-state index in [9.17, 15) is 0 Å². The van der Waals surface area contributed by atoms with Crippen LogP contribution in [-0.4, -0.2) is 19.1 Å². The molecule has 1 spiro atoms. The summed E-state index contributed by atoms with van der Waals surface area (Å²) in [7, 11) is 0.